The fraction of sp³-hybridized carbons (Fsp3) is 1.00. The van der Waals surface area contributed by atoms with Gasteiger partial charge in [0.2, 0.25) is 0 Å². The maximum Gasteiger partial charge on any atom is 0.0770 e. The Bertz CT molecular complexity index is 125. The summed E-state index contributed by atoms with van der Waals surface area (Å²) < 4.78 is 0. The SMILES string of the molecule is OC[C@H](O)CCCCCCCC[C@@H](O)CO. The fourth-order valence-corrected chi connectivity index (χ4v) is 1.65. The first-order chi connectivity index (χ1) is 7.70. The van der Waals surface area contributed by atoms with Crippen LogP contribution in [0.2, 0.25) is 0 Å². The topological polar surface area (TPSA) is 80.9 Å². The van der Waals surface area contributed by atoms with Crippen LogP contribution in [0.4, 0.5) is 0 Å². The van der Waals surface area contributed by atoms with Gasteiger partial charge in [0.15, 0.2) is 0 Å². The normalized spacial score (nSPS) is 15.0. The molecule has 0 aliphatic carbocycles. The molecule has 0 bridgehead atoms. The zero-order chi connectivity index (χ0) is 12.2. The lowest BCUT2D eigenvalue weighted by Crippen LogP contribution is -2.11. The van der Waals surface area contributed by atoms with E-state index in [0.717, 1.165) is 38.5 Å². The number of rotatable bonds is 11. The average Bonchev–Trinajstić information content (AvgIpc) is 2.31. The van der Waals surface area contributed by atoms with E-state index < -0.39 is 12.2 Å². The molecule has 0 aromatic rings. The van der Waals surface area contributed by atoms with Crippen LogP contribution in [-0.2, 0) is 0 Å². The second-order valence-electron chi connectivity index (χ2n) is 4.37. The summed E-state index contributed by atoms with van der Waals surface area (Å²) in [5.41, 5.74) is 0. The van der Waals surface area contributed by atoms with Gasteiger partial charge in [0.05, 0.1) is 25.4 Å². The summed E-state index contributed by atoms with van der Waals surface area (Å²) in [4.78, 5) is 0. The van der Waals surface area contributed by atoms with E-state index in [4.69, 9.17) is 20.4 Å². The predicted octanol–water partition coefficient (Wildman–Crippen LogP) is 0.814. The van der Waals surface area contributed by atoms with Crippen molar-refractivity contribution >= 4 is 0 Å². The van der Waals surface area contributed by atoms with Gasteiger partial charge >= 0.3 is 0 Å². The van der Waals surface area contributed by atoms with Crippen molar-refractivity contribution in [2.45, 2.75) is 63.6 Å². The number of aliphatic hydroxyl groups is 4. The van der Waals surface area contributed by atoms with Crippen molar-refractivity contribution in [2.75, 3.05) is 13.2 Å². The van der Waals surface area contributed by atoms with E-state index in [1.165, 1.54) is 0 Å². The minimum absolute atomic E-state index is 0.140. The Morgan fingerprint density at radius 1 is 0.562 bits per heavy atom. The Balaban J connectivity index is 3.04. The summed E-state index contributed by atoms with van der Waals surface area (Å²) in [5.74, 6) is 0. The lowest BCUT2D eigenvalue weighted by atomic mass is 10.1. The first-order valence-corrected chi connectivity index (χ1v) is 6.28. The minimum atomic E-state index is -0.556. The molecule has 0 aliphatic rings. The molecule has 2 atom stereocenters. The molecule has 4 nitrogen and oxygen atoms in total. The third kappa shape index (κ3) is 10.4. The Labute approximate surface area is 97.9 Å². The maximum atomic E-state index is 9.09. The molecule has 0 saturated heterocycles. The van der Waals surface area contributed by atoms with Gasteiger partial charge in [0.1, 0.15) is 0 Å². The molecule has 0 aromatic heterocycles. The molecule has 0 radical (unpaired) electrons. The van der Waals surface area contributed by atoms with Gasteiger partial charge in [-0.15, -0.1) is 0 Å². The fourth-order valence-electron chi connectivity index (χ4n) is 1.65. The molecule has 0 unspecified atom stereocenters. The summed E-state index contributed by atoms with van der Waals surface area (Å²) in [5, 5.41) is 35.3. The summed E-state index contributed by atoms with van der Waals surface area (Å²) >= 11 is 0. The lowest BCUT2D eigenvalue weighted by Gasteiger charge is -2.07. The molecule has 16 heavy (non-hydrogen) atoms. The van der Waals surface area contributed by atoms with Crippen LogP contribution in [0.3, 0.4) is 0 Å². The third-order valence-corrected chi connectivity index (χ3v) is 2.75. The van der Waals surface area contributed by atoms with Gasteiger partial charge in [-0.05, 0) is 12.8 Å². The van der Waals surface area contributed by atoms with E-state index in [-0.39, 0.29) is 13.2 Å². The summed E-state index contributed by atoms with van der Waals surface area (Å²) in [6, 6.07) is 0. The van der Waals surface area contributed by atoms with Gasteiger partial charge in [-0.3, -0.25) is 0 Å². The summed E-state index contributed by atoms with van der Waals surface area (Å²) in [6.45, 7) is -0.280. The molecule has 0 heterocycles. The van der Waals surface area contributed by atoms with Crippen molar-refractivity contribution in [3.8, 4) is 0 Å². The Kier molecular flexibility index (Phi) is 11.2. The van der Waals surface area contributed by atoms with E-state index in [1.54, 1.807) is 0 Å². The maximum absolute atomic E-state index is 9.09. The Morgan fingerprint density at radius 2 is 0.875 bits per heavy atom. The first kappa shape index (κ1) is 15.8. The molecule has 0 spiro atoms. The second kappa shape index (κ2) is 11.3. The van der Waals surface area contributed by atoms with Crippen LogP contribution in [0.25, 0.3) is 0 Å². The van der Waals surface area contributed by atoms with Crippen LogP contribution in [-0.4, -0.2) is 45.8 Å². The second-order valence-corrected chi connectivity index (χ2v) is 4.37. The highest BCUT2D eigenvalue weighted by Crippen LogP contribution is 2.10. The Morgan fingerprint density at radius 3 is 1.19 bits per heavy atom. The van der Waals surface area contributed by atoms with E-state index >= 15 is 0 Å². The first-order valence-electron chi connectivity index (χ1n) is 6.28. The van der Waals surface area contributed by atoms with Crippen LogP contribution < -0.4 is 0 Å². The van der Waals surface area contributed by atoms with Gasteiger partial charge in [-0.1, -0.05) is 38.5 Å². The largest absolute Gasteiger partial charge is 0.394 e. The monoisotopic (exact) mass is 234 g/mol. The number of hydrogen-bond acceptors (Lipinski definition) is 4. The van der Waals surface area contributed by atoms with Crippen LogP contribution >= 0.6 is 0 Å². The number of unbranched alkanes of at least 4 members (excludes halogenated alkanes) is 5. The third-order valence-electron chi connectivity index (χ3n) is 2.75. The quantitative estimate of drug-likeness (QED) is 0.399. The van der Waals surface area contributed by atoms with Gasteiger partial charge < -0.3 is 20.4 Å². The van der Waals surface area contributed by atoms with Gasteiger partial charge in [0.25, 0.3) is 0 Å². The summed E-state index contributed by atoms with van der Waals surface area (Å²) in [7, 11) is 0. The van der Waals surface area contributed by atoms with Gasteiger partial charge in [0, 0.05) is 0 Å². The zero-order valence-electron chi connectivity index (χ0n) is 10.0. The van der Waals surface area contributed by atoms with Gasteiger partial charge in [-0.25, -0.2) is 0 Å². The predicted molar refractivity (Wildman–Crippen MR) is 63.1 cm³/mol. The van der Waals surface area contributed by atoms with E-state index in [1.807, 2.05) is 0 Å². The number of hydrogen-bond donors (Lipinski definition) is 4. The molecule has 4 heteroatoms. The molecule has 98 valence electrons. The van der Waals surface area contributed by atoms with E-state index in [9.17, 15) is 0 Å². The van der Waals surface area contributed by atoms with Crippen LogP contribution in [0.1, 0.15) is 51.4 Å². The van der Waals surface area contributed by atoms with Crippen molar-refractivity contribution in [1.29, 1.82) is 0 Å². The zero-order valence-corrected chi connectivity index (χ0v) is 10.0. The molecule has 0 rings (SSSR count). The molecule has 0 aliphatic heterocycles. The van der Waals surface area contributed by atoms with Crippen molar-refractivity contribution in [3.63, 3.8) is 0 Å². The van der Waals surface area contributed by atoms with Crippen molar-refractivity contribution in [1.82, 2.24) is 0 Å². The summed E-state index contributed by atoms with van der Waals surface area (Å²) in [6.07, 6.45) is 6.60. The van der Waals surface area contributed by atoms with E-state index in [0.29, 0.717) is 12.8 Å². The van der Waals surface area contributed by atoms with Crippen LogP contribution in [0.15, 0.2) is 0 Å². The highest BCUT2D eigenvalue weighted by Gasteiger charge is 2.02. The lowest BCUT2D eigenvalue weighted by molar-refractivity contribution is 0.0850. The molecule has 0 aromatic carbocycles. The molecule has 0 amide bonds. The molecular weight excluding hydrogens is 208 g/mol. The number of aliphatic hydroxyl groups excluding tert-OH is 4. The minimum Gasteiger partial charge on any atom is -0.394 e. The van der Waals surface area contributed by atoms with Crippen molar-refractivity contribution in [3.05, 3.63) is 0 Å². The van der Waals surface area contributed by atoms with Crippen molar-refractivity contribution in [2.24, 2.45) is 0 Å². The van der Waals surface area contributed by atoms with Gasteiger partial charge in [-0.2, -0.15) is 0 Å². The molecule has 0 saturated carbocycles. The van der Waals surface area contributed by atoms with Crippen molar-refractivity contribution < 1.29 is 20.4 Å². The highest BCUT2D eigenvalue weighted by atomic mass is 16.3. The molecule has 4 N–H and O–H groups in total. The molecular formula is C12H26O4. The van der Waals surface area contributed by atoms with E-state index in [2.05, 4.69) is 0 Å². The van der Waals surface area contributed by atoms with Crippen LogP contribution in [0, 0.1) is 0 Å². The Hall–Kier alpha value is -0.160. The molecule has 0 fully saturated rings. The highest BCUT2D eigenvalue weighted by molar-refractivity contribution is 4.55. The smallest absolute Gasteiger partial charge is 0.0770 e. The van der Waals surface area contributed by atoms with Crippen LogP contribution in [0.5, 0.6) is 0 Å². The standard InChI is InChI=1S/C12H26O4/c13-9-11(15)7-5-3-1-2-4-6-8-12(16)10-14/h11-16H,1-10H2/t11-,12-/m1/s1. The average molecular weight is 234 g/mol.